The van der Waals surface area contributed by atoms with Crippen molar-refractivity contribution in [2.45, 2.75) is 32.8 Å². The molecule has 0 radical (unpaired) electrons. The second-order valence-corrected chi connectivity index (χ2v) is 6.09. The topological polar surface area (TPSA) is 38.3 Å². The lowest BCUT2D eigenvalue weighted by atomic mass is 9.90. The van der Waals surface area contributed by atoms with Crippen LogP contribution in [0.1, 0.15) is 36.2 Å². The van der Waals surface area contributed by atoms with Crippen molar-refractivity contribution in [3.8, 4) is 5.75 Å². The van der Waals surface area contributed by atoms with Crippen molar-refractivity contribution in [2.24, 2.45) is 0 Å². The number of Topliss-reactive ketones (excluding diaryl/α,β-unsaturated/α-hetero) is 1. The Kier molecular flexibility index (Phi) is 3.20. The van der Waals surface area contributed by atoms with Gasteiger partial charge in [0.15, 0.2) is 5.78 Å². The zero-order valence-electron chi connectivity index (χ0n) is 12.6. The number of rotatable bonds is 2. The number of carbonyl (C=O) groups is 1. The predicted octanol–water partition coefficient (Wildman–Crippen LogP) is 4.48. The van der Waals surface area contributed by atoms with Gasteiger partial charge in [0.25, 0.3) is 0 Å². The van der Waals surface area contributed by atoms with Crippen LogP contribution in [0.2, 0.25) is 0 Å². The maximum atomic E-state index is 12.5. The average Bonchev–Trinajstić information content (AvgIpc) is 2.42. The molecule has 0 saturated heterocycles. The first-order chi connectivity index (χ1) is 9.96. The molecule has 3 heteroatoms. The summed E-state index contributed by atoms with van der Waals surface area (Å²) in [6.45, 7) is 5.87. The van der Waals surface area contributed by atoms with Crippen molar-refractivity contribution in [3.05, 3.63) is 53.6 Å². The Morgan fingerprint density at radius 1 is 1.10 bits per heavy atom. The highest BCUT2D eigenvalue weighted by Gasteiger charge is 2.35. The molecule has 1 aliphatic heterocycles. The summed E-state index contributed by atoms with van der Waals surface area (Å²) in [6, 6.07) is 13.8. The van der Waals surface area contributed by atoms with Crippen LogP contribution in [0.3, 0.4) is 0 Å². The molecular formula is C18H19NO2. The van der Waals surface area contributed by atoms with Crippen LogP contribution >= 0.6 is 0 Å². The number of aryl methyl sites for hydroxylation is 1. The van der Waals surface area contributed by atoms with Crippen molar-refractivity contribution >= 4 is 17.2 Å². The van der Waals surface area contributed by atoms with E-state index in [0.29, 0.717) is 17.7 Å². The third-order valence-corrected chi connectivity index (χ3v) is 3.65. The lowest BCUT2D eigenvalue weighted by Crippen LogP contribution is -2.36. The monoisotopic (exact) mass is 281 g/mol. The molecule has 0 bridgehead atoms. The molecule has 2 aromatic rings. The Balaban J connectivity index is 2.06. The first kappa shape index (κ1) is 13.7. The Morgan fingerprint density at radius 3 is 2.52 bits per heavy atom. The smallest absolute Gasteiger partial charge is 0.172 e. The summed E-state index contributed by atoms with van der Waals surface area (Å²) in [5.74, 6) is 0.834. The Morgan fingerprint density at radius 2 is 1.81 bits per heavy atom. The number of para-hydroxylation sites is 1. The number of nitrogens with one attached hydrogen (secondary N) is 1. The molecule has 3 rings (SSSR count). The molecule has 0 amide bonds. The molecule has 0 atom stereocenters. The molecule has 0 fully saturated rings. The SMILES string of the molecule is Cc1ccc(Nc2ccccc2)c2c1OC(C)(C)CC2=O. The predicted molar refractivity (Wildman–Crippen MR) is 84.6 cm³/mol. The highest BCUT2D eigenvalue weighted by Crippen LogP contribution is 2.40. The molecule has 0 spiro atoms. The fourth-order valence-corrected chi connectivity index (χ4v) is 2.66. The number of ether oxygens (including phenoxy) is 1. The van der Waals surface area contributed by atoms with Crippen LogP contribution in [-0.2, 0) is 0 Å². The van der Waals surface area contributed by atoms with Crippen LogP contribution < -0.4 is 10.1 Å². The molecular weight excluding hydrogens is 262 g/mol. The van der Waals surface area contributed by atoms with E-state index in [1.807, 2.05) is 63.2 Å². The van der Waals surface area contributed by atoms with Crippen molar-refractivity contribution in [1.29, 1.82) is 0 Å². The molecule has 108 valence electrons. The minimum atomic E-state index is -0.444. The molecule has 3 nitrogen and oxygen atoms in total. The van der Waals surface area contributed by atoms with Gasteiger partial charge in [-0.15, -0.1) is 0 Å². The summed E-state index contributed by atoms with van der Waals surface area (Å²) in [6.07, 6.45) is 0.396. The second-order valence-electron chi connectivity index (χ2n) is 6.09. The van der Waals surface area contributed by atoms with Crippen LogP contribution in [-0.4, -0.2) is 11.4 Å². The van der Waals surface area contributed by atoms with Crippen LogP contribution in [0.15, 0.2) is 42.5 Å². The molecule has 1 N–H and O–H groups in total. The van der Waals surface area contributed by atoms with Gasteiger partial charge in [-0.1, -0.05) is 24.3 Å². The number of hydrogen-bond donors (Lipinski definition) is 1. The fourth-order valence-electron chi connectivity index (χ4n) is 2.66. The van der Waals surface area contributed by atoms with Gasteiger partial charge in [0.2, 0.25) is 0 Å². The Hall–Kier alpha value is -2.29. The van der Waals surface area contributed by atoms with E-state index in [-0.39, 0.29) is 5.78 Å². The first-order valence-electron chi connectivity index (χ1n) is 7.14. The molecule has 21 heavy (non-hydrogen) atoms. The third-order valence-electron chi connectivity index (χ3n) is 3.65. The second kappa shape index (κ2) is 4.92. The summed E-state index contributed by atoms with van der Waals surface area (Å²) in [5, 5.41) is 3.32. The van der Waals surface area contributed by atoms with E-state index in [0.717, 1.165) is 16.9 Å². The van der Waals surface area contributed by atoms with Gasteiger partial charge in [-0.25, -0.2) is 0 Å². The molecule has 2 aromatic carbocycles. The molecule has 0 unspecified atom stereocenters. The third kappa shape index (κ3) is 2.64. The Bertz CT molecular complexity index is 690. The highest BCUT2D eigenvalue weighted by molar-refractivity contribution is 6.06. The van der Waals surface area contributed by atoms with Crippen molar-refractivity contribution < 1.29 is 9.53 Å². The minimum Gasteiger partial charge on any atom is -0.486 e. The molecule has 0 aliphatic carbocycles. The summed E-state index contributed by atoms with van der Waals surface area (Å²) in [4.78, 5) is 12.5. The number of ketones is 1. The van der Waals surface area contributed by atoms with Gasteiger partial charge in [-0.2, -0.15) is 0 Å². The highest BCUT2D eigenvalue weighted by atomic mass is 16.5. The molecule has 1 heterocycles. The van der Waals surface area contributed by atoms with E-state index in [1.165, 1.54) is 0 Å². The van der Waals surface area contributed by atoms with Gasteiger partial charge in [0.05, 0.1) is 17.7 Å². The van der Waals surface area contributed by atoms with Crippen molar-refractivity contribution in [1.82, 2.24) is 0 Å². The first-order valence-corrected chi connectivity index (χ1v) is 7.14. The molecule has 0 aromatic heterocycles. The maximum absolute atomic E-state index is 12.5. The van der Waals surface area contributed by atoms with E-state index >= 15 is 0 Å². The van der Waals surface area contributed by atoms with E-state index < -0.39 is 5.60 Å². The van der Waals surface area contributed by atoms with Crippen LogP contribution in [0, 0.1) is 6.92 Å². The quantitative estimate of drug-likeness (QED) is 0.881. The van der Waals surface area contributed by atoms with Crippen LogP contribution in [0.4, 0.5) is 11.4 Å². The summed E-state index contributed by atoms with van der Waals surface area (Å²) < 4.78 is 6.04. The van der Waals surface area contributed by atoms with Crippen molar-refractivity contribution in [2.75, 3.05) is 5.32 Å². The Labute approximate surface area is 124 Å². The van der Waals surface area contributed by atoms with E-state index in [1.54, 1.807) is 0 Å². The van der Waals surface area contributed by atoms with E-state index in [2.05, 4.69) is 5.32 Å². The van der Waals surface area contributed by atoms with Crippen LogP contribution in [0.25, 0.3) is 0 Å². The summed E-state index contributed by atoms with van der Waals surface area (Å²) in [7, 11) is 0. The lowest BCUT2D eigenvalue weighted by molar-refractivity contribution is 0.0617. The van der Waals surface area contributed by atoms with Gasteiger partial charge in [-0.3, -0.25) is 4.79 Å². The van der Waals surface area contributed by atoms with Gasteiger partial charge >= 0.3 is 0 Å². The summed E-state index contributed by atoms with van der Waals surface area (Å²) >= 11 is 0. The van der Waals surface area contributed by atoms with Gasteiger partial charge in [0, 0.05) is 5.69 Å². The number of anilines is 2. The van der Waals surface area contributed by atoms with Crippen molar-refractivity contribution in [3.63, 3.8) is 0 Å². The number of carbonyl (C=O) groups excluding carboxylic acids is 1. The van der Waals surface area contributed by atoms with Gasteiger partial charge < -0.3 is 10.1 Å². The average molecular weight is 281 g/mol. The lowest BCUT2D eigenvalue weighted by Gasteiger charge is -2.33. The number of benzene rings is 2. The normalized spacial score (nSPS) is 16.0. The van der Waals surface area contributed by atoms with Gasteiger partial charge in [-0.05, 0) is 44.5 Å². The number of hydrogen-bond acceptors (Lipinski definition) is 3. The zero-order chi connectivity index (χ0) is 15.0. The molecule has 1 aliphatic rings. The largest absolute Gasteiger partial charge is 0.486 e. The van der Waals surface area contributed by atoms with Gasteiger partial charge in [0.1, 0.15) is 11.4 Å². The zero-order valence-corrected chi connectivity index (χ0v) is 12.6. The van der Waals surface area contributed by atoms with E-state index in [4.69, 9.17) is 4.74 Å². The molecule has 0 saturated carbocycles. The fraction of sp³-hybridized carbons (Fsp3) is 0.278. The number of fused-ring (bicyclic) bond motifs is 1. The minimum absolute atomic E-state index is 0.128. The summed E-state index contributed by atoms with van der Waals surface area (Å²) in [5.41, 5.74) is 2.98. The van der Waals surface area contributed by atoms with E-state index in [9.17, 15) is 4.79 Å². The standard InChI is InChI=1S/C18H19NO2/c1-12-9-10-14(19-13-7-5-4-6-8-13)16-15(20)11-18(2,3)21-17(12)16/h4-10,19H,11H2,1-3H3. The van der Waals surface area contributed by atoms with Crippen LogP contribution in [0.5, 0.6) is 5.75 Å². The maximum Gasteiger partial charge on any atom is 0.172 e.